The maximum Gasteiger partial charge on any atom is 0.244 e. The molecule has 12 heteroatoms. The molecular formula is C31H37Cl2N3O6S. The summed E-state index contributed by atoms with van der Waals surface area (Å²) in [5, 5.41) is 3.61. The Kier molecular flexibility index (Phi) is 11.3. The van der Waals surface area contributed by atoms with Crippen molar-refractivity contribution in [3.05, 3.63) is 87.9 Å². The average Bonchev–Trinajstić information content (AvgIpc) is 2.94. The molecule has 0 fully saturated rings. The Labute approximate surface area is 263 Å². The first-order valence-electron chi connectivity index (χ1n) is 13.4. The van der Waals surface area contributed by atoms with Crippen LogP contribution in [0.4, 0.5) is 5.69 Å². The number of rotatable bonds is 12. The zero-order valence-electron chi connectivity index (χ0n) is 25.1. The molecule has 3 rings (SSSR count). The second-order valence-electron chi connectivity index (χ2n) is 11.0. The number of methoxy groups -OCH3 is 2. The second-order valence-corrected chi connectivity index (χ2v) is 13.7. The van der Waals surface area contributed by atoms with Crippen LogP contribution in [0.5, 0.6) is 11.5 Å². The molecule has 43 heavy (non-hydrogen) atoms. The first kappa shape index (κ1) is 34.0. The fraction of sp³-hybridized carbons (Fsp3) is 0.355. The molecule has 0 aliphatic heterocycles. The van der Waals surface area contributed by atoms with Crippen LogP contribution in [-0.4, -0.2) is 63.7 Å². The summed E-state index contributed by atoms with van der Waals surface area (Å²) in [6.45, 7) is 4.92. The van der Waals surface area contributed by atoms with E-state index in [0.29, 0.717) is 22.1 Å². The summed E-state index contributed by atoms with van der Waals surface area (Å²) in [6.07, 6.45) is 1.19. The number of anilines is 1. The fourth-order valence-electron chi connectivity index (χ4n) is 4.44. The standard InChI is InChI=1S/C31H37Cl2N3O6S/c1-31(2,3)34-30(38)26(17-21-10-8-7-9-11-21)35(19-22-12-14-24(32)25(33)16-22)29(37)20-36(43(6,39)40)23-13-15-27(41-4)28(18-23)42-5/h7-16,18,26H,17,19-20H2,1-6H3,(H,34,38)/t26-/m0/s1. The molecule has 1 N–H and O–H groups in total. The molecule has 0 aliphatic rings. The van der Waals surface area contributed by atoms with Gasteiger partial charge < -0.3 is 19.7 Å². The molecule has 232 valence electrons. The zero-order valence-corrected chi connectivity index (χ0v) is 27.4. The van der Waals surface area contributed by atoms with Gasteiger partial charge in [0.05, 0.1) is 36.2 Å². The number of nitrogens with zero attached hydrogens (tertiary/aromatic N) is 2. The molecule has 3 aromatic carbocycles. The van der Waals surface area contributed by atoms with Gasteiger partial charge in [-0.2, -0.15) is 0 Å². The molecule has 0 saturated heterocycles. The van der Waals surface area contributed by atoms with Gasteiger partial charge in [0, 0.05) is 24.6 Å². The van der Waals surface area contributed by atoms with Crippen LogP contribution in [0.15, 0.2) is 66.7 Å². The molecule has 0 saturated carbocycles. The first-order valence-corrected chi connectivity index (χ1v) is 16.0. The lowest BCUT2D eigenvalue weighted by molar-refractivity contribution is -0.140. The minimum absolute atomic E-state index is 0.0334. The predicted molar refractivity (Wildman–Crippen MR) is 171 cm³/mol. The minimum Gasteiger partial charge on any atom is -0.493 e. The highest BCUT2D eigenvalue weighted by Crippen LogP contribution is 2.33. The van der Waals surface area contributed by atoms with Crippen LogP contribution in [0.2, 0.25) is 10.0 Å². The van der Waals surface area contributed by atoms with E-state index >= 15 is 0 Å². The molecule has 0 bridgehead atoms. The predicted octanol–water partition coefficient (Wildman–Crippen LogP) is 5.33. The highest BCUT2D eigenvalue weighted by molar-refractivity contribution is 7.92. The Hall–Kier alpha value is -3.47. The van der Waals surface area contributed by atoms with Crippen molar-refractivity contribution in [2.24, 2.45) is 0 Å². The van der Waals surface area contributed by atoms with Gasteiger partial charge in [-0.15, -0.1) is 0 Å². The van der Waals surface area contributed by atoms with Crippen molar-refractivity contribution in [3.63, 3.8) is 0 Å². The van der Waals surface area contributed by atoms with Gasteiger partial charge in [0.15, 0.2) is 11.5 Å². The lowest BCUT2D eigenvalue weighted by Crippen LogP contribution is -2.56. The van der Waals surface area contributed by atoms with E-state index in [9.17, 15) is 18.0 Å². The van der Waals surface area contributed by atoms with Crippen LogP contribution in [0.25, 0.3) is 0 Å². The van der Waals surface area contributed by atoms with Gasteiger partial charge in [-0.1, -0.05) is 59.6 Å². The Balaban J connectivity index is 2.12. The maximum atomic E-state index is 14.2. The second kappa shape index (κ2) is 14.3. The summed E-state index contributed by atoms with van der Waals surface area (Å²) < 4.78 is 37.7. The van der Waals surface area contributed by atoms with Crippen LogP contribution in [0, 0.1) is 0 Å². The number of carbonyl (C=O) groups excluding carboxylic acids is 2. The number of hydrogen-bond donors (Lipinski definition) is 1. The number of benzene rings is 3. The third kappa shape index (κ3) is 9.51. The summed E-state index contributed by atoms with van der Waals surface area (Å²) in [7, 11) is -1.07. The van der Waals surface area contributed by atoms with Gasteiger partial charge >= 0.3 is 0 Å². The van der Waals surface area contributed by atoms with Gasteiger partial charge in [0.1, 0.15) is 12.6 Å². The first-order chi connectivity index (χ1) is 20.1. The SMILES string of the molecule is COc1ccc(N(CC(=O)N(Cc2ccc(Cl)c(Cl)c2)[C@@H](Cc2ccccc2)C(=O)NC(C)(C)C)S(C)(=O)=O)cc1OC. The molecule has 0 radical (unpaired) electrons. The van der Waals surface area contributed by atoms with E-state index in [-0.39, 0.29) is 29.6 Å². The zero-order chi connectivity index (χ0) is 31.9. The van der Waals surface area contributed by atoms with Crippen molar-refractivity contribution >= 4 is 50.7 Å². The highest BCUT2D eigenvalue weighted by Gasteiger charge is 2.34. The van der Waals surface area contributed by atoms with Crippen molar-refractivity contribution in [2.45, 2.75) is 45.3 Å². The van der Waals surface area contributed by atoms with Gasteiger partial charge in [0.25, 0.3) is 0 Å². The Morgan fingerprint density at radius 3 is 2.09 bits per heavy atom. The molecule has 0 aliphatic carbocycles. The van der Waals surface area contributed by atoms with E-state index < -0.39 is 34.1 Å². The summed E-state index contributed by atoms with van der Waals surface area (Å²) in [5.74, 6) is -0.299. The van der Waals surface area contributed by atoms with Crippen LogP contribution in [0.3, 0.4) is 0 Å². The molecule has 1 atom stereocenters. The van der Waals surface area contributed by atoms with Gasteiger partial charge in [-0.25, -0.2) is 8.42 Å². The number of amides is 2. The fourth-order valence-corrected chi connectivity index (χ4v) is 5.60. The smallest absolute Gasteiger partial charge is 0.244 e. The van der Waals surface area contributed by atoms with Crippen LogP contribution in [0.1, 0.15) is 31.9 Å². The molecule has 0 aromatic heterocycles. The average molecular weight is 651 g/mol. The number of hydrogen-bond acceptors (Lipinski definition) is 6. The molecule has 0 unspecified atom stereocenters. The monoisotopic (exact) mass is 649 g/mol. The molecule has 2 amide bonds. The quantitative estimate of drug-likeness (QED) is 0.284. The van der Waals surface area contributed by atoms with Gasteiger partial charge in [-0.05, 0) is 56.2 Å². The van der Waals surface area contributed by atoms with Crippen LogP contribution >= 0.6 is 23.2 Å². The van der Waals surface area contributed by atoms with Gasteiger partial charge in [-0.3, -0.25) is 13.9 Å². The number of halogens is 2. The van der Waals surface area contributed by atoms with E-state index in [4.69, 9.17) is 32.7 Å². The largest absolute Gasteiger partial charge is 0.493 e. The molecular weight excluding hydrogens is 613 g/mol. The summed E-state index contributed by atoms with van der Waals surface area (Å²) >= 11 is 12.4. The lowest BCUT2D eigenvalue weighted by Gasteiger charge is -2.35. The Bertz CT molecular complexity index is 1540. The normalized spacial score (nSPS) is 12.3. The summed E-state index contributed by atoms with van der Waals surface area (Å²) in [4.78, 5) is 29.4. The van der Waals surface area contributed by atoms with E-state index in [1.807, 2.05) is 51.1 Å². The molecule has 9 nitrogen and oxygen atoms in total. The van der Waals surface area contributed by atoms with E-state index in [0.717, 1.165) is 16.1 Å². The topological polar surface area (TPSA) is 105 Å². The van der Waals surface area contributed by atoms with E-state index in [1.54, 1.807) is 24.3 Å². The number of ether oxygens (including phenoxy) is 2. The Morgan fingerprint density at radius 1 is 0.884 bits per heavy atom. The van der Waals surface area contributed by atoms with E-state index in [2.05, 4.69) is 5.32 Å². The summed E-state index contributed by atoms with van der Waals surface area (Å²) in [5.41, 5.74) is 1.04. The van der Waals surface area contributed by atoms with Gasteiger partial charge in [0.2, 0.25) is 21.8 Å². The molecule has 0 heterocycles. The molecule has 3 aromatic rings. The molecule has 0 spiro atoms. The number of sulfonamides is 1. The van der Waals surface area contributed by atoms with Crippen LogP contribution < -0.4 is 19.1 Å². The van der Waals surface area contributed by atoms with Crippen molar-refractivity contribution in [1.82, 2.24) is 10.2 Å². The number of carbonyl (C=O) groups is 2. The third-order valence-corrected chi connectivity index (χ3v) is 8.32. The third-order valence-electron chi connectivity index (χ3n) is 6.44. The lowest BCUT2D eigenvalue weighted by atomic mass is 10.0. The van der Waals surface area contributed by atoms with Crippen molar-refractivity contribution in [1.29, 1.82) is 0 Å². The van der Waals surface area contributed by atoms with Crippen molar-refractivity contribution in [3.8, 4) is 11.5 Å². The summed E-state index contributed by atoms with van der Waals surface area (Å²) in [6, 6.07) is 17.8. The minimum atomic E-state index is -3.96. The maximum absolute atomic E-state index is 14.2. The van der Waals surface area contributed by atoms with Crippen LogP contribution in [-0.2, 0) is 32.6 Å². The van der Waals surface area contributed by atoms with E-state index in [1.165, 1.54) is 31.3 Å². The Morgan fingerprint density at radius 2 is 1.53 bits per heavy atom. The van der Waals surface area contributed by atoms with Crippen molar-refractivity contribution in [2.75, 3.05) is 31.3 Å². The highest BCUT2D eigenvalue weighted by atomic mass is 35.5. The van der Waals surface area contributed by atoms with Crippen molar-refractivity contribution < 1.29 is 27.5 Å². The number of nitrogens with one attached hydrogen (secondary N) is 1.